The Morgan fingerprint density at radius 2 is 2.12 bits per heavy atom. The van der Waals surface area contributed by atoms with Crippen LogP contribution >= 0.6 is 11.6 Å². The molecule has 0 aliphatic carbocycles. The van der Waals surface area contributed by atoms with Crippen LogP contribution in [0, 0.1) is 0 Å². The van der Waals surface area contributed by atoms with Gasteiger partial charge in [-0.1, -0.05) is 17.7 Å². The summed E-state index contributed by atoms with van der Waals surface area (Å²) in [5, 5.41) is 9.57. The lowest BCUT2D eigenvalue weighted by atomic mass is 10.1. The molecule has 88 valence electrons. The molecule has 0 spiro atoms. The molecule has 0 atom stereocenters. The van der Waals surface area contributed by atoms with Gasteiger partial charge in [0, 0.05) is 5.02 Å². The quantitative estimate of drug-likeness (QED) is 0.878. The second-order valence-electron chi connectivity index (χ2n) is 3.79. The molecule has 1 aromatic rings. The Labute approximate surface area is 98.7 Å². The Bertz CT molecular complexity index is 488. The van der Waals surface area contributed by atoms with Crippen LogP contribution in [0.4, 0.5) is 0 Å². The Balaban J connectivity index is 2.47. The maximum atomic E-state index is 12.2. The van der Waals surface area contributed by atoms with Gasteiger partial charge in [-0.15, -0.1) is 0 Å². The molecular weight excluding hydrogens is 252 g/mol. The topological polar surface area (TPSA) is 63.6 Å². The SMILES string of the molecule is O=S(=O)(c1cccc(Cl)c1)C1(CO)COC1. The summed E-state index contributed by atoms with van der Waals surface area (Å²) in [4.78, 5) is 0.123. The van der Waals surface area contributed by atoms with Crippen LogP contribution < -0.4 is 0 Å². The largest absolute Gasteiger partial charge is 0.395 e. The third kappa shape index (κ3) is 1.64. The first-order valence-corrected chi connectivity index (χ1v) is 6.57. The molecule has 0 amide bonds. The average Bonchev–Trinajstić information content (AvgIpc) is 2.16. The molecule has 1 fully saturated rings. The number of sulfone groups is 1. The van der Waals surface area contributed by atoms with Crippen molar-refractivity contribution in [2.75, 3.05) is 19.8 Å². The lowest BCUT2D eigenvalue weighted by molar-refractivity contribution is -0.0367. The van der Waals surface area contributed by atoms with Crippen molar-refractivity contribution in [1.82, 2.24) is 0 Å². The minimum Gasteiger partial charge on any atom is -0.395 e. The van der Waals surface area contributed by atoms with Gasteiger partial charge in [0.25, 0.3) is 0 Å². The lowest BCUT2D eigenvalue weighted by Crippen LogP contribution is -2.58. The van der Waals surface area contributed by atoms with E-state index in [9.17, 15) is 13.5 Å². The summed E-state index contributed by atoms with van der Waals surface area (Å²) in [6.07, 6.45) is 0. The molecule has 16 heavy (non-hydrogen) atoms. The fourth-order valence-electron chi connectivity index (χ4n) is 1.55. The third-order valence-electron chi connectivity index (χ3n) is 2.69. The van der Waals surface area contributed by atoms with E-state index < -0.39 is 21.2 Å². The fraction of sp³-hybridized carbons (Fsp3) is 0.400. The second kappa shape index (κ2) is 4.00. The van der Waals surface area contributed by atoms with Gasteiger partial charge in [0.05, 0.1) is 24.7 Å². The first-order chi connectivity index (χ1) is 7.52. The van der Waals surface area contributed by atoms with Crippen molar-refractivity contribution in [2.24, 2.45) is 0 Å². The molecule has 1 aliphatic heterocycles. The van der Waals surface area contributed by atoms with Crippen molar-refractivity contribution in [2.45, 2.75) is 9.64 Å². The van der Waals surface area contributed by atoms with E-state index >= 15 is 0 Å². The van der Waals surface area contributed by atoms with Crippen LogP contribution in [0.15, 0.2) is 29.2 Å². The molecule has 0 bridgehead atoms. The smallest absolute Gasteiger partial charge is 0.190 e. The van der Waals surface area contributed by atoms with Crippen LogP contribution in [0.1, 0.15) is 0 Å². The summed E-state index contributed by atoms with van der Waals surface area (Å²) < 4.78 is 28.1. The van der Waals surface area contributed by atoms with Gasteiger partial charge in [-0.3, -0.25) is 0 Å². The number of aliphatic hydroxyl groups is 1. The monoisotopic (exact) mass is 262 g/mol. The Morgan fingerprint density at radius 1 is 1.44 bits per heavy atom. The van der Waals surface area contributed by atoms with Gasteiger partial charge in [0.15, 0.2) is 9.84 Å². The molecule has 1 aliphatic rings. The van der Waals surface area contributed by atoms with Crippen molar-refractivity contribution in [3.63, 3.8) is 0 Å². The summed E-state index contributed by atoms with van der Waals surface area (Å²) in [7, 11) is -3.60. The fourth-order valence-corrected chi connectivity index (χ4v) is 3.49. The highest BCUT2D eigenvalue weighted by Crippen LogP contribution is 2.33. The van der Waals surface area contributed by atoms with E-state index in [2.05, 4.69) is 0 Å². The van der Waals surface area contributed by atoms with E-state index in [1.54, 1.807) is 12.1 Å². The standard InChI is InChI=1S/C10H11ClO4S/c11-8-2-1-3-9(4-8)16(13,14)10(5-12)6-15-7-10/h1-4,12H,5-7H2. The summed E-state index contributed by atoms with van der Waals surface area (Å²) in [5.74, 6) is 0. The van der Waals surface area contributed by atoms with Gasteiger partial charge < -0.3 is 9.84 Å². The molecule has 2 rings (SSSR count). The third-order valence-corrected chi connectivity index (χ3v) is 5.31. The minimum atomic E-state index is -3.60. The molecular formula is C10H11ClO4S. The van der Waals surface area contributed by atoms with Gasteiger partial charge in [0.2, 0.25) is 0 Å². The van der Waals surface area contributed by atoms with Crippen LogP contribution in [-0.2, 0) is 14.6 Å². The van der Waals surface area contributed by atoms with Gasteiger partial charge >= 0.3 is 0 Å². The minimum absolute atomic E-state index is 0.0261. The van der Waals surface area contributed by atoms with Gasteiger partial charge in [-0.2, -0.15) is 0 Å². The van der Waals surface area contributed by atoms with Crippen LogP contribution in [0.2, 0.25) is 5.02 Å². The number of hydrogen-bond acceptors (Lipinski definition) is 4. The highest BCUT2D eigenvalue weighted by atomic mass is 35.5. The molecule has 0 radical (unpaired) electrons. The number of aliphatic hydroxyl groups excluding tert-OH is 1. The summed E-state index contributed by atoms with van der Waals surface area (Å²) in [6.45, 7) is -0.390. The van der Waals surface area contributed by atoms with E-state index in [-0.39, 0.29) is 18.1 Å². The molecule has 1 heterocycles. The average molecular weight is 263 g/mol. The number of benzene rings is 1. The van der Waals surface area contributed by atoms with Crippen LogP contribution in [-0.4, -0.2) is 38.1 Å². The normalized spacial score (nSPS) is 19.1. The summed E-state index contributed by atoms with van der Waals surface area (Å²) in [5.41, 5.74) is 0. The Morgan fingerprint density at radius 3 is 2.56 bits per heavy atom. The second-order valence-corrected chi connectivity index (χ2v) is 6.58. The van der Waals surface area contributed by atoms with Crippen molar-refractivity contribution in [1.29, 1.82) is 0 Å². The molecule has 4 nitrogen and oxygen atoms in total. The maximum absolute atomic E-state index is 12.2. The zero-order chi connectivity index (χ0) is 11.8. The first-order valence-electron chi connectivity index (χ1n) is 4.71. The number of rotatable bonds is 3. The van der Waals surface area contributed by atoms with E-state index in [4.69, 9.17) is 16.3 Å². The molecule has 6 heteroatoms. The molecule has 1 N–H and O–H groups in total. The molecule has 1 aromatic carbocycles. The highest BCUT2D eigenvalue weighted by Gasteiger charge is 2.51. The zero-order valence-electron chi connectivity index (χ0n) is 8.39. The first kappa shape index (κ1) is 11.9. The Kier molecular flexibility index (Phi) is 2.96. The molecule has 1 saturated heterocycles. The van der Waals surface area contributed by atoms with Crippen LogP contribution in [0.5, 0.6) is 0 Å². The van der Waals surface area contributed by atoms with E-state index in [0.717, 1.165) is 0 Å². The predicted molar refractivity (Wildman–Crippen MR) is 59.3 cm³/mol. The zero-order valence-corrected chi connectivity index (χ0v) is 9.96. The van der Waals surface area contributed by atoms with Gasteiger partial charge in [-0.25, -0.2) is 8.42 Å². The van der Waals surface area contributed by atoms with Crippen molar-refractivity contribution in [3.8, 4) is 0 Å². The molecule has 0 saturated carbocycles. The highest BCUT2D eigenvalue weighted by molar-refractivity contribution is 7.93. The molecule has 0 unspecified atom stereocenters. The van der Waals surface area contributed by atoms with E-state index in [1.807, 2.05) is 0 Å². The predicted octanol–water partition coefficient (Wildman–Crippen LogP) is 0.875. The van der Waals surface area contributed by atoms with Crippen molar-refractivity contribution in [3.05, 3.63) is 29.3 Å². The summed E-state index contributed by atoms with van der Waals surface area (Å²) in [6, 6.07) is 6.02. The van der Waals surface area contributed by atoms with Gasteiger partial charge in [-0.05, 0) is 18.2 Å². The summed E-state index contributed by atoms with van der Waals surface area (Å²) >= 11 is 5.75. The van der Waals surface area contributed by atoms with Crippen LogP contribution in [0.3, 0.4) is 0 Å². The van der Waals surface area contributed by atoms with E-state index in [0.29, 0.717) is 5.02 Å². The number of ether oxygens (including phenoxy) is 1. The van der Waals surface area contributed by atoms with Crippen molar-refractivity contribution >= 4 is 21.4 Å². The maximum Gasteiger partial charge on any atom is 0.190 e. The van der Waals surface area contributed by atoms with Crippen molar-refractivity contribution < 1.29 is 18.3 Å². The van der Waals surface area contributed by atoms with Gasteiger partial charge in [0.1, 0.15) is 4.75 Å². The number of hydrogen-bond donors (Lipinski definition) is 1. The lowest BCUT2D eigenvalue weighted by Gasteiger charge is -2.38. The van der Waals surface area contributed by atoms with Crippen LogP contribution in [0.25, 0.3) is 0 Å². The Hall–Kier alpha value is -0.620. The van der Waals surface area contributed by atoms with E-state index in [1.165, 1.54) is 12.1 Å². The molecule has 0 aromatic heterocycles. The number of halogens is 1.